The fourth-order valence-electron chi connectivity index (χ4n) is 3.40. The molecule has 3 aromatic rings. The molecule has 4 rings (SSSR count). The normalized spacial score (nSPS) is 13.7. The van der Waals surface area contributed by atoms with Gasteiger partial charge in [0.25, 0.3) is 0 Å². The molecule has 1 aliphatic heterocycles. The summed E-state index contributed by atoms with van der Waals surface area (Å²) in [4.78, 5) is 2.49. The van der Waals surface area contributed by atoms with Crippen LogP contribution >= 0.6 is 12.4 Å². The largest absolute Gasteiger partial charge is 0.398 e. The summed E-state index contributed by atoms with van der Waals surface area (Å²) in [7, 11) is -3.24. The predicted molar refractivity (Wildman–Crippen MR) is 110 cm³/mol. The first kappa shape index (κ1) is 20.1. The molecule has 8 nitrogen and oxygen atoms in total. The molecule has 0 aliphatic carbocycles. The molecule has 0 fully saturated rings. The number of nitrogens with zero attached hydrogens (tertiary/aromatic N) is 5. The number of hydrogen-bond acceptors (Lipinski definition) is 7. The summed E-state index contributed by atoms with van der Waals surface area (Å²) in [6.45, 7) is 1.44. The molecular formula is C18H21ClN6O2S. The molecule has 2 heterocycles. The number of fused-ring (bicyclic) bond motifs is 1. The van der Waals surface area contributed by atoms with Gasteiger partial charge in [0.15, 0.2) is 15.7 Å². The van der Waals surface area contributed by atoms with Gasteiger partial charge in [-0.15, -0.1) is 17.5 Å². The highest BCUT2D eigenvalue weighted by Crippen LogP contribution is 2.32. The second-order valence-corrected chi connectivity index (χ2v) is 8.66. The van der Waals surface area contributed by atoms with Crippen LogP contribution in [0.25, 0.3) is 5.69 Å². The van der Waals surface area contributed by atoms with Crippen LogP contribution in [0.15, 0.2) is 47.4 Å². The molecular weight excluding hydrogens is 400 g/mol. The summed E-state index contributed by atoms with van der Waals surface area (Å²) in [5, 5.41) is 12.0. The molecule has 2 N–H and O–H groups in total. The van der Waals surface area contributed by atoms with Crippen molar-refractivity contribution in [1.82, 2.24) is 20.2 Å². The molecule has 0 bridgehead atoms. The molecule has 1 aliphatic rings. The van der Waals surface area contributed by atoms with Crippen molar-refractivity contribution in [3.8, 4) is 5.69 Å². The summed E-state index contributed by atoms with van der Waals surface area (Å²) < 4.78 is 24.9. The Balaban J connectivity index is 0.00000225. The summed E-state index contributed by atoms with van der Waals surface area (Å²) in [5.41, 5.74) is 9.94. The number of rotatable bonds is 4. The van der Waals surface area contributed by atoms with E-state index >= 15 is 0 Å². The fraction of sp³-hybridized carbons (Fsp3) is 0.278. The topological polar surface area (TPSA) is 107 Å². The standard InChI is InChI=1S/C18H20N6O2S.ClH/c1-27(25,26)14-9-7-13(8-10-14)24-18(20-21-22-24)12-23-11-3-4-15-16(19)5-2-6-17(15)23;/h2,5-10H,3-4,11-12,19H2,1H3;1H. The van der Waals surface area contributed by atoms with Gasteiger partial charge in [-0.2, -0.15) is 4.68 Å². The van der Waals surface area contributed by atoms with Crippen molar-refractivity contribution in [3.63, 3.8) is 0 Å². The van der Waals surface area contributed by atoms with E-state index in [9.17, 15) is 8.42 Å². The highest BCUT2D eigenvalue weighted by atomic mass is 35.5. The number of nitrogens with two attached hydrogens (primary N) is 1. The minimum atomic E-state index is -3.24. The number of tetrazole rings is 1. The van der Waals surface area contributed by atoms with E-state index in [1.54, 1.807) is 28.9 Å². The third-order valence-electron chi connectivity index (χ3n) is 4.76. The van der Waals surface area contributed by atoms with E-state index in [-0.39, 0.29) is 17.3 Å². The quantitative estimate of drug-likeness (QED) is 0.643. The SMILES string of the molecule is CS(=O)(=O)c1ccc(-n2nnnc2CN2CCCc3c(N)cccc32)cc1.Cl. The van der Waals surface area contributed by atoms with Crippen LogP contribution in [0.1, 0.15) is 17.8 Å². The van der Waals surface area contributed by atoms with Crippen molar-refractivity contribution in [2.45, 2.75) is 24.3 Å². The highest BCUT2D eigenvalue weighted by Gasteiger charge is 2.21. The number of hydrogen-bond donors (Lipinski definition) is 1. The lowest BCUT2D eigenvalue weighted by molar-refractivity contribution is 0.602. The molecule has 148 valence electrons. The van der Waals surface area contributed by atoms with Gasteiger partial charge in [0.1, 0.15) is 0 Å². The number of aromatic nitrogens is 4. The molecule has 0 saturated heterocycles. The average molecular weight is 421 g/mol. The minimum Gasteiger partial charge on any atom is -0.398 e. The number of halogens is 1. The Bertz CT molecular complexity index is 1080. The molecule has 0 amide bonds. The maximum atomic E-state index is 11.6. The highest BCUT2D eigenvalue weighted by molar-refractivity contribution is 7.90. The summed E-state index contributed by atoms with van der Waals surface area (Å²) in [6.07, 6.45) is 3.17. The van der Waals surface area contributed by atoms with E-state index in [0.717, 1.165) is 30.8 Å². The van der Waals surface area contributed by atoms with Gasteiger partial charge in [0, 0.05) is 24.2 Å². The molecule has 0 radical (unpaired) electrons. The van der Waals surface area contributed by atoms with Crippen molar-refractivity contribution in [1.29, 1.82) is 0 Å². The van der Waals surface area contributed by atoms with Crippen LogP contribution in [0.2, 0.25) is 0 Å². The maximum Gasteiger partial charge on any atom is 0.175 e. The minimum absolute atomic E-state index is 0. The van der Waals surface area contributed by atoms with Crippen molar-refractivity contribution < 1.29 is 8.42 Å². The van der Waals surface area contributed by atoms with Crippen molar-refractivity contribution >= 4 is 33.6 Å². The Morgan fingerprint density at radius 2 is 1.89 bits per heavy atom. The van der Waals surface area contributed by atoms with E-state index in [1.165, 1.54) is 11.8 Å². The van der Waals surface area contributed by atoms with E-state index in [0.29, 0.717) is 18.1 Å². The Morgan fingerprint density at radius 3 is 2.61 bits per heavy atom. The van der Waals surface area contributed by atoms with Gasteiger partial charge < -0.3 is 10.6 Å². The Kier molecular flexibility index (Phi) is 5.57. The van der Waals surface area contributed by atoms with Crippen LogP contribution < -0.4 is 10.6 Å². The van der Waals surface area contributed by atoms with Gasteiger partial charge in [-0.25, -0.2) is 8.42 Å². The van der Waals surface area contributed by atoms with Gasteiger partial charge in [-0.1, -0.05) is 6.07 Å². The van der Waals surface area contributed by atoms with E-state index in [2.05, 4.69) is 26.5 Å². The zero-order valence-corrected chi connectivity index (χ0v) is 16.9. The number of anilines is 2. The Hall–Kier alpha value is -2.65. The van der Waals surface area contributed by atoms with Crippen LogP contribution in [0, 0.1) is 0 Å². The second-order valence-electron chi connectivity index (χ2n) is 6.64. The van der Waals surface area contributed by atoms with Crippen molar-refractivity contribution in [2.24, 2.45) is 0 Å². The molecule has 0 spiro atoms. The average Bonchev–Trinajstić information content (AvgIpc) is 3.10. The van der Waals surface area contributed by atoms with Crippen LogP contribution in [0.3, 0.4) is 0 Å². The van der Waals surface area contributed by atoms with E-state index in [1.807, 2.05) is 12.1 Å². The zero-order valence-electron chi connectivity index (χ0n) is 15.3. The lowest BCUT2D eigenvalue weighted by Crippen LogP contribution is -2.30. The first-order valence-corrected chi connectivity index (χ1v) is 10.5. The third kappa shape index (κ3) is 3.81. The van der Waals surface area contributed by atoms with E-state index in [4.69, 9.17) is 5.73 Å². The van der Waals surface area contributed by atoms with Gasteiger partial charge in [-0.05, 0) is 65.2 Å². The fourth-order valence-corrected chi connectivity index (χ4v) is 4.03. The van der Waals surface area contributed by atoms with Crippen LogP contribution in [0.4, 0.5) is 11.4 Å². The van der Waals surface area contributed by atoms with Crippen molar-refractivity contribution in [3.05, 3.63) is 53.9 Å². The van der Waals surface area contributed by atoms with Crippen molar-refractivity contribution in [2.75, 3.05) is 23.4 Å². The Morgan fingerprint density at radius 1 is 1.14 bits per heavy atom. The third-order valence-corrected chi connectivity index (χ3v) is 5.89. The van der Waals surface area contributed by atoms with Gasteiger partial charge >= 0.3 is 0 Å². The Labute approximate surface area is 169 Å². The van der Waals surface area contributed by atoms with Crippen LogP contribution in [-0.4, -0.2) is 41.4 Å². The number of sulfone groups is 1. The summed E-state index contributed by atoms with van der Waals surface area (Å²) in [6, 6.07) is 12.5. The smallest absolute Gasteiger partial charge is 0.175 e. The predicted octanol–water partition coefficient (Wildman–Crippen LogP) is 2.02. The lowest BCUT2D eigenvalue weighted by atomic mass is 10.00. The summed E-state index contributed by atoms with van der Waals surface area (Å²) in [5.74, 6) is 0.678. The van der Waals surface area contributed by atoms with Crippen LogP contribution in [0.5, 0.6) is 0 Å². The number of benzene rings is 2. The monoisotopic (exact) mass is 420 g/mol. The first-order valence-electron chi connectivity index (χ1n) is 8.63. The summed E-state index contributed by atoms with van der Waals surface area (Å²) >= 11 is 0. The maximum absolute atomic E-state index is 11.6. The number of nitrogen functional groups attached to an aromatic ring is 1. The zero-order chi connectivity index (χ0) is 19.0. The van der Waals surface area contributed by atoms with Gasteiger partial charge in [0.05, 0.1) is 17.1 Å². The molecule has 0 saturated carbocycles. The first-order chi connectivity index (χ1) is 12.9. The molecule has 28 heavy (non-hydrogen) atoms. The second kappa shape index (κ2) is 7.76. The molecule has 1 aromatic heterocycles. The molecule has 10 heteroatoms. The lowest BCUT2D eigenvalue weighted by Gasteiger charge is -2.31. The molecule has 0 unspecified atom stereocenters. The molecule has 0 atom stereocenters. The van der Waals surface area contributed by atoms with E-state index < -0.39 is 9.84 Å². The molecule has 2 aromatic carbocycles. The van der Waals surface area contributed by atoms with Crippen LogP contribution in [-0.2, 0) is 22.8 Å². The van der Waals surface area contributed by atoms with Gasteiger partial charge in [0.2, 0.25) is 0 Å². The van der Waals surface area contributed by atoms with Gasteiger partial charge in [-0.3, -0.25) is 0 Å².